The molecule has 0 saturated carbocycles. The lowest BCUT2D eigenvalue weighted by Crippen LogP contribution is -2.45. The molecule has 1 saturated heterocycles. The van der Waals surface area contributed by atoms with E-state index >= 15 is 0 Å². The van der Waals surface area contributed by atoms with Gasteiger partial charge in [0.2, 0.25) is 0 Å². The molecule has 1 aliphatic rings. The van der Waals surface area contributed by atoms with Crippen molar-refractivity contribution in [1.29, 1.82) is 0 Å². The fraction of sp³-hybridized carbons (Fsp3) is 0.556. The molecule has 2 aromatic rings. The van der Waals surface area contributed by atoms with Crippen molar-refractivity contribution in [2.45, 2.75) is 33.1 Å². The summed E-state index contributed by atoms with van der Waals surface area (Å²) < 4.78 is 0. The van der Waals surface area contributed by atoms with Crippen LogP contribution in [0.25, 0.3) is 10.6 Å². The van der Waals surface area contributed by atoms with E-state index in [0.29, 0.717) is 0 Å². The van der Waals surface area contributed by atoms with Crippen LogP contribution in [0.4, 0.5) is 0 Å². The summed E-state index contributed by atoms with van der Waals surface area (Å²) in [6.07, 6.45) is 3.56. The number of aromatic nitrogens is 1. The number of nitrogens with one attached hydrogen (secondary N) is 1. The van der Waals surface area contributed by atoms with Gasteiger partial charge in [-0.25, -0.2) is 4.98 Å². The van der Waals surface area contributed by atoms with Gasteiger partial charge in [-0.1, -0.05) is 6.92 Å². The van der Waals surface area contributed by atoms with Gasteiger partial charge in [0, 0.05) is 36.9 Å². The number of thiazole rings is 1. The summed E-state index contributed by atoms with van der Waals surface area (Å²) in [6, 6.07) is 4.41. The molecule has 1 aliphatic heterocycles. The first kappa shape index (κ1) is 20.6. The van der Waals surface area contributed by atoms with Crippen LogP contribution in [-0.4, -0.2) is 42.5 Å². The van der Waals surface area contributed by atoms with E-state index in [4.69, 9.17) is 0 Å². The summed E-state index contributed by atoms with van der Waals surface area (Å²) >= 11 is 3.56. The van der Waals surface area contributed by atoms with E-state index in [-0.39, 0.29) is 24.0 Å². The molecule has 2 aromatic heterocycles. The van der Waals surface area contributed by atoms with Gasteiger partial charge < -0.3 is 10.2 Å². The third-order valence-corrected chi connectivity index (χ3v) is 6.42. The molecule has 0 bridgehead atoms. The summed E-state index contributed by atoms with van der Waals surface area (Å²) in [7, 11) is 1.88. The minimum Gasteiger partial charge on any atom is -0.356 e. The fourth-order valence-corrected chi connectivity index (χ4v) is 4.63. The predicted octanol–water partition coefficient (Wildman–Crippen LogP) is 4.65. The van der Waals surface area contributed by atoms with Gasteiger partial charge in [-0.05, 0) is 44.2 Å². The average Bonchev–Trinajstić information content (AvgIpc) is 3.21. The Kier molecular flexibility index (Phi) is 8.15. The number of halogens is 1. The van der Waals surface area contributed by atoms with Crippen LogP contribution >= 0.6 is 46.7 Å². The number of guanidine groups is 1. The fourth-order valence-electron chi connectivity index (χ4n) is 2.98. The Morgan fingerprint density at radius 2 is 2.12 bits per heavy atom. The molecule has 7 heteroatoms. The number of nitrogens with zero attached hydrogens (tertiary/aromatic N) is 3. The zero-order valence-electron chi connectivity index (χ0n) is 15.1. The maximum Gasteiger partial charge on any atom is 0.193 e. The maximum atomic E-state index is 4.57. The van der Waals surface area contributed by atoms with Crippen LogP contribution in [0, 0.1) is 12.8 Å². The monoisotopic (exact) mass is 490 g/mol. The molecular weight excluding hydrogens is 463 g/mol. The lowest BCUT2D eigenvalue weighted by atomic mass is 10.00. The minimum absolute atomic E-state index is 0. The third kappa shape index (κ3) is 5.65. The summed E-state index contributed by atoms with van der Waals surface area (Å²) in [5.41, 5.74) is 1.11. The quantitative estimate of drug-likeness (QED) is 0.386. The highest BCUT2D eigenvalue weighted by Gasteiger charge is 2.18. The largest absolute Gasteiger partial charge is 0.356 e. The molecule has 1 fully saturated rings. The van der Waals surface area contributed by atoms with Crippen LogP contribution < -0.4 is 5.32 Å². The van der Waals surface area contributed by atoms with E-state index < -0.39 is 0 Å². The molecule has 0 spiro atoms. The minimum atomic E-state index is 0. The van der Waals surface area contributed by atoms with Crippen molar-refractivity contribution < 1.29 is 0 Å². The molecule has 1 N–H and O–H groups in total. The molecule has 0 radical (unpaired) electrons. The lowest BCUT2D eigenvalue weighted by Gasteiger charge is -2.32. The van der Waals surface area contributed by atoms with Gasteiger partial charge in [-0.15, -0.1) is 46.7 Å². The number of hydrogen-bond donors (Lipinski definition) is 1. The molecule has 0 amide bonds. The molecule has 0 aromatic carbocycles. The van der Waals surface area contributed by atoms with Gasteiger partial charge in [0.05, 0.1) is 15.6 Å². The van der Waals surface area contributed by atoms with Crippen LogP contribution in [-0.2, 0) is 6.42 Å². The highest BCUT2D eigenvalue weighted by atomic mass is 127. The number of aryl methyl sites for hydroxylation is 1. The number of aliphatic imine (C=N–C) groups is 1. The van der Waals surface area contributed by atoms with Crippen LogP contribution in [0.15, 0.2) is 22.5 Å². The summed E-state index contributed by atoms with van der Waals surface area (Å²) in [5, 5.41) is 6.79. The number of piperidine rings is 1. The van der Waals surface area contributed by atoms with Gasteiger partial charge in [0.15, 0.2) is 5.96 Å². The van der Waals surface area contributed by atoms with E-state index in [0.717, 1.165) is 48.6 Å². The Hall–Kier alpha value is -0.670. The van der Waals surface area contributed by atoms with E-state index in [1.807, 2.05) is 18.4 Å². The summed E-state index contributed by atoms with van der Waals surface area (Å²) in [5.74, 6) is 1.90. The zero-order chi connectivity index (χ0) is 16.9. The Balaban J connectivity index is 0.00000225. The first-order chi connectivity index (χ1) is 11.7. The highest BCUT2D eigenvalue weighted by molar-refractivity contribution is 14.0. The second-order valence-electron chi connectivity index (χ2n) is 6.41. The third-order valence-electron chi connectivity index (χ3n) is 4.48. The number of likely N-dealkylation sites (tertiary alicyclic amines) is 1. The smallest absolute Gasteiger partial charge is 0.193 e. The van der Waals surface area contributed by atoms with Crippen molar-refractivity contribution in [2.75, 3.05) is 26.7 Å². The van der Waals surface area contributed by atoms with Crippen molar-refractivity contribution in [3.8, 4) is 10.6 Å². The standard InChI is InChI=1S/C18H26N4S2.HI/c1-13-7-10-22(11-8-13)18(19-3)20-9-6-15-4-5-17(24-15)16-12-23-14(2)21-16;/h4-5,12-13H,6-11H2,1-3H3,(H,19,20);1H. The topological polar surface area (TPSA) is 40.5 Å². The zero-order valence-corrected chi connectivity index (χ0v) is 19.1. The Labute approximate surface area is 175 Å². The van der Waals surface area contributed by atoms with Crippen molar-refractivity contribution in [1.82, 2.24) is 15.2 Å². The van der Waals surface area contributed by atoms with Crippen LogP contribution in [0.2, 0.25) is 0 Å². The molecule has 0 atom stereocenters. The molecule has 4 nitrogen and oxygen atoms in total. The molecule has 0 unspecified atom stereocenters. The molecule has 25 heavy (non-hydrogen) atoms. The Bertz CT molecular complexity index is 687. The van der Waals surface area contributed by atoms with Gasteiger partial charge in [0.25, 0.3) is 0 Å². The van der Waals surface area contributed by atoms with Crippen molar-refractivity contribution in [3.05, 3.63) is 27.4 Å². The van der Waals surface area contributed by atoms with Gasteiger partial charge in [0.1, 0.15) is 0 Å². The van der Waals surface area contributed by atoms with Crippen LogP contribution in [0.3, 0.4) is 0 Å². The summed E-state index contributed by atoms with van der Waals surface area (Å²) in [4.78, 5) is 14.1. The first-order valence-corrected chi connectivity index (χ1v) is 10.3. The van der Waals surface area contributed by atoms with E-state index in [1.54, 1.807) is 11.3 Å². The van der Waals surface area contributed by atoms with Crippen molar-refractivity contribution in [2.24, 2.45) is 10.9 Å². The van der Waals surface area contributed by atoms with Crippen molar-refractivity contribution in [3.63, 3.8) is 0 Å². The molecule has 138 valence electrons. The molecule has 3 heterocycles. The second-order valence-corrected chi connectivity index (χ2v) is 8.64. The van der Waals surface area contributed by atoms with Crippen LogP contribution in [0.5, 0.6) is 0 Å². The summed E-state index contributed by atoms with van der Waals surface area (Å²) in [6.45, 7) is 7.56. The number of thiophene rings is 1. The average molecular weight is 490 g/mol. The van der Waals surface area contributed by atoms with Gasteiger partial charge >= 0.3 is 0 Å². The molecule has 3 rings (SSSR count). The normalized spacial score (nSPS) is 16.0. The van der Waals surface area contributed by atoms with Crippen LogP contribution in [0.1, 0.15) is 29.7 Å². The van der Waals surface area contributed by atoms with E-state index in [9.17, 15) is 0 Å². The first-order valence-electron chi connectivity index (χ1n) is 8.62. The lowest BCUT2D eigenvalue weighted by molar-refractivity contribution is 0.273. The second kappa shape index (κ2) is 9.87. The Morgan fingerprint density at radius 3 is 2.76 bits per heavy atom. The molecule has 0 aliphatic carbocycles. The Morgan fingerprint density at radius 1 is 1.36 bits per heavy atom. The van der Waals surface area contributed by atoms with Gasteiger partial charge in [-0.2, -0.15) is 0 Å². The molecular formula is C18H27IN4S2. The van der Waals surface area contributed by atoms with E-state index in [2.05, 4.69) is 51.6 Å². The van der Waals surface area contributed by atoms with Crippen molar-refractivity contribution >= 4 is 52.6 Å². The SMILES string of the molecule is CN=C(NCCc1ccc(-c2csc(C)n2)s1)N1CCC(C)CC1.I. The highest BCUT2D eigenvalue weighted by Crippen LogP contribution is 2.29. The van der Waals surface area contributed by atoms with Gasteiger partial charge in [-0.3, -0.25) is 4.99 Å². The number of hydrogen-bond acceptors (Lipinski definition) is 4. The van der Waals surface area contributed by atoms with E-state index in [1.165, 1.54) is 22.6 Å². The number of rotatable bonds is 4. The predicted molar refractivity (Wildman–Crippen MR) is 121 cm³/mol. The maximum absolute atomic E-state index is 4.57.